The number of methoxy groups -OCH3 is 1. The molecule has 0 unspecified atom stereocenters. The van der Waals surface area contributed by atoms with Crippen molar-refractivity contribution in [2.75, 3.05) is 24.3 Å². The summed E-state index contributed by atoms with van der Waals surface area (Å²) in [5.74, 6) is 1.86. The van der Waals surface area contributed by atoms with Gasteiger partial charge in [-0.25, -0.2) is 4.98 Å². The molecule has 2 rings (SSSR count). The van der Waals surface area contributed by atoms with Gasteiger partial charge >= 0.3 is 0 Å². The second-order valence-electron chi connectivity index (χ2n) is 4.90. The highest BCUT2D eigenvalue weighted by Gasteiger charge is 2.32. The molecule has 0 saturated heterocycles. The molecule has 0 aliphatic heterocycles. The summed E-state index contributed by atoms with van der Waals surface area (Å²) >= 11 is 0. The van der Waals surface area contributed by atoms with E-state index in [0.717, 1.165) is 12.4 Å². The number of nitrogens with two attached hydrogens (primary N) is 1. The topological polar surface area (TPSA) is 64.3 Å². The molecule has 1 aromatic heterocycles. The Morgan fingerprint density at radius 1 is 1.47 bits per heavy atom. The molecule has 1 aliphatic carbocycles. The van der Waals surface area contributed by atoms with Crippen LogP contribution in [0.5, 0.6) is 5.88 Å². The van der Waals surface area contributed by atoms with Gasteiger partial charge in [-0.2, -0.15) is 4.98 Å². The summed E-state index contributed by atoms with van der Waals surface area (Å²) < 4.78 is 5.14. The van der Waals surface area contributed by atoms with Gasteiger partial charge in [0, 0.05) is 12.6 Å². The van der Waals surface area contributed by atoms with Crippen LogP contribution in [0, 0.1) is 5.92 Å². The van der Waals surface area contributed by atoms with Crippen LogP contribution in [-0.2, 0) is 0 Å². The quantitative estimate of drug-likeness (QED) is 0.842. The van der Waals surface area contributed by atoms with Crippen molar-refractivity contribution in [1.29, 1.82) is 0 Å². The number of rotatable bonds is 5. The molecule has 5 heteroatoms. The minimum atomic E-state index is 0.462. The standard InChI is InChI=1S/C12H20N4O/c1-8(2)6-16(9-4-5-9)11-10(13)12(17-3)15-7-14-11/h7-9H,4-6,13H2,1-3H3. The predicted octanol–water partition coefficient (Wildman–Crippen LogP) is 1.69. The van der Waals surface area contributed by atoms with Crippen molar-refractivity contribution in [2.45, 2.75) is 32.7 Å². The van der Waals surface area contributed by atoms with Gasteiger partial charge in [0.1, 0.15) is 12.0 Å². The van der Waals surface area contributed by atoms with Crippen molar-refractivity contribution < 1.29 is 4.74 Å². The van der Waals surface area contributed by atoms with Gasteiger partial charge in [0.15, 0.2) is 5.82 Å². The number of nitrogens with zero attached hydrogens (tertiary/aromatic N) is 3. The lowest BCUT2D eigenvalue weighted by Crippen LogP contribution is -2.31. The third-order valence-electron chi connectivity index (χ3n) is 2.84. The molecule has 2 N–H and O–H groups in total. The van der Waals surface area contributed by atoms with Gasteiger partial charge in [0.05, 0.1) is 7.11 Å². The highest BCUT2D eigenvalue weighted by molar-refractivity contribution is 5.68. The van der Waals surface area contributed by atoms with Crippen LogP contribution < -0.4 is 15.4 Å². The fourth-order valence-corrected chi connectivity index (χ4v) is 1.95. The number of hydrogen-bond donors (Lipinski definition) is 1. The SMILES string of the molecule is COc1ncnc(N(CC(C)C)C2CC2)c1N. The van der Waals surface area contributed by atoms with E-state index in [0.29, 0.717) is 23.5 Å². The second-order valence-corrected chi connectivity index (χ2v) is 4.90. The lowest BCUT2D eigenvalue weighted by molar-refractivity contribution is 0.399. The maximum absolute atomic E-state index is 6.04. The molecule has 94 valence electrons. The third kappa shape index (κ3) is 2.60. The van der Waals surface area contributed by atoms with Gasteiger partial charge < -0.3 is 15.4 Å². The van der Waals surface area contributed by atoms with Crippen LogP contribution in [0.15, 0.2) is 6.33 Å². The lowest BCUT2D eigenvalue weighted by atomic mass is 10.2. The van der Waals surface area contributed by atoms with Crippen LogP contribution >= 0.6 is 0 Å². The van der Waals surface area contributed by atoms with E-state index in [1.165, 1.54) is 19.2 Å². The van der Waals surface area contributed by atoms with Crippen LogP contribution in [-0.4, -0.2) is 29.7 Å². The first-order valence-electron chi connectivity index (χ1n) is 6.04. The van der Waals surface area contributed by atoms with Crippen LogP contribution in [0.1, 0.15) is 26.7 Å². The molecule has 5 nitrogen and oxygen atoms in total. The van der Waals surface area contributed by atoms with Gasteiger partial charge in [-0.1, -0.05) is 13.8 Å². The smallest absolute Gasteiger partial charge is 0.242 e. The van der Waals surface area contributed by atoms with Crippen molar-refractivity contribution in [3.63, 3.8) is 0 Å². The number of ether oxygens (including phenoxy) is 1. The Balaban J connectivity index is 2.28. The van der Waals surface area contributed by atoms with Gasteiger partial charge in [-0.15, -0.1) is 0 Å². The molecule has 1 heterocycles. The van der Waals surface area contributed by atoms with E-state index in [-0.39, 0.29) is 0 Å². The van der Waals surface area contributed by atoms with Crippen molar-refractivity contribution in [3.05, 3.63) is 6.33 Å². The number of hydrogen-bond acceptors (Lipinski definition) is 5. The summed E-state index contributed by atoms with van der Waals surface area (Å²) in [5, 5.41) is 0. The normalized spacial score (nSPS) is 15.1. The number of nitrogen functional groups attached to an aromatic ring is 1. The lowest BCUT2D eigenvalue weighted by Gasteiger charge is -2.26. The molecule has 1 fully saturated rings. The van der Waals surface area contributed by atoms with Crippen molar-refractivity contribution in [1.82, 2.24) is 9.97 Å². The Hall–Kier alpha value is -1.52. The van der Waals surface area contributed by atoms with E-state index in [1.807, 2.05) is 0 Å². The van der Waals surface area contributed by atoms with E-state index >= 15 is 0 Å². The van der Waals surface area contributed by atoms with E-state index in [1.54, 1.807) is 7.11 Å². The number of anilines is 2. The first-order chi connectivity index (χ1) is 8.13. The van der Waals surface area contributed by atoms with E-state index in [9.17, 15) is 0 Å². The summed E-state index contributed by atoms with van der Waals surface area (Å²) in [7, 11) is 1.58. The van der Waals surface area contributed by atoms with Gasteiger partial charge in [-0.3, -0.25) is 0 Å². The van der Waals surface area contributed by atoms with Crippen LogP contribution in [0.2, 0.25) is 0 Å². The molecule has 1 aromatic rings. The average Bonchev–Trinajstić information content (AvgIpc) is 3.10. The highest BCUT2D eigenvalue weighted by atomic mass is 16.5. The number of aromatic nitrogens is 2. The van der Waals surface area contributed by atoms with Crippen molar-refractivity contribution >= 4 is 11.5 Å². The molecular weight excluding hydrogens is 216 g/mol. The summed E-state index contributed by atoms with van der Waals surface area (Å²) in [6, 6.07) is 0.583. The Kier molecular flexibility index (Phi) is 3.36. The van der Waals surface area contributed by atoms with Crippen molar-refractivity contribution in [3.8, 4) is 5.88 Å². The van der Waals surface area contributed by atoms with Crippen molar-refractivity contribution in [2.24, 2.45) is 5.92 Å². The zero-order valence-electron chi connectivity index (χ0n) is 10.7. The van der Waals surface area contributed by atoms with E-state index in [4.69, 9.17) is 10.5 Å². The van der Waals surface area contributed by atoms with Gasteiger partial charge in [0.25, 0.3) is 0 Å². The summed E-state index contributed by atoms with van der Waals surface area (Å²) in [6.07, 6.45) is 3.96. The highest BCUT2D eigenvalue weighted by Crippen LogP contribution is 2.36. The Bertz CT molecular complexity index is 390. The zero-order chi connectivity index (χ0) is 12.4. The monoisotopic (exact) mass is 236 g/mol. The Morgan fingerprint density at radius 3 is 2.71 bits per heavy atom. The summed E-state index contributed by atoms with van der Waals surface area (Å²) in [6.45, 7) is 5.36. The molecule has 0 atom stereocenters. The molecule has 0 bridgehead atoms. The third-order valence-corrected chi connectivity index (χ3v) is 2.84. The maximum Gasteiger partial charge on any atom is 0.242 e. The largest absolute Gasteiger partial charge is 0.479 e. The first-order valence-corrected chi connectivity index (χ1v) is 6.04. The molecule has 1 aliphatic rings. The summed E-state index contributed by atoms with van der Waals surface area (Å²) in [5.41, 5.74) is 6.59. The molecule has 1 saturated carbocycles. The van der Waals surface area contributed by atoms with Gasteiger partial charge in [0.2, 0.25) is 5.88 Å². The van der Waals surface area contributed by atoms with Crippen LogP contribution in [0.4, 0.5) is 11.5 Å². The molecular formula is C12H20N4O. The second kappa shape index (κ2) is 4.77. The average molecular weight is 236 g/mol. The molecule has 0 radical (unpaired) electrons. The molecule has 17 heavy (non-hydrogen) atoms. The Morgan fingerprint density at radius 2 is 2.18 bits per heavy atom. The molecule has 0 amide bonds. The summed E-state index contributed by atoms with van der Waals surface area (Å²) in [4.78, 5) is 10.6. The molecule has 0 spiro atoms. The fraction of sp³-hybridized carbons (Fsp3) is 0.667. The van der Waals surface area contributed by atoms with Crippen LogP contribution in [0.25, 0.3) is 0 Å². The zero-order valence-corrected chi connectivity index (χ0v) is 10.7. The minimum absolute atomic E-state index is 0.462. The maximum atomic E-state index is 6.04. The fourth-order valence-electron chi connectivity index (χ4n) is 1.95. The first kappa shape index (κ1) is 12.0. The minimum Gasteiger partial charge on any atom is -0.479 e. The van der Waals surface area contributed by atoms with Gasteiger partial charge in [-0.05, 0) is 18.8 Å². The Labute approximate surface area is 102 Å². The van der Waals surface area contributed by atoms with E-state index in [2.05, 4.69) is 28.7 Å². The predicted molar refractivity (Wildman–Crippen MR) is 68.2 cm³/mol. The van der Waals surface area contributed by atoms with E-state index < -0.39 is 0 Å². The van der Waals surface area contributed by atoms with Crippen LogP contribution in [0.3, 0.4) is 0 Å². The molecule has 0 aromatic carbocycles.